The lowest BCUT2D eigenvalue weighted by molar-refractivity contribution is -0.120. The predicted molar refractivity (Wildman–Crippen MR) is 112 cm³/mol. The molecule has 4 N–H and O–H groups in total. The third-order valence-corrected chi connectivity index (χ3v) is 3.89. The SMILES string of the molecule is CN=C(NCC(=O)NCCOC)NCC1CC(=O)Nc2ccccc21.I. The molecule has 1 aromatic rings. The van der Waals surface area contributed by atoms with Gasteiger partial charge in [0.25, 0.3) is 0 Å². The summed E-state index contributed by atoms with van der Waals surface area (Å²) >= 11 is 0. The van der Waals surface area contributed by atoms with Crippen LogP contribution in [0.3, 0.4) is 0 Å². The maximum Gasteiger partial charge on any atom is 0.239 e. The zero-order valence-electron chi connectivity index (χ0n) is 15.0. The lowest BCUT2D eigenvalue weighted by atomic mass is 9.90. The average Bonchev–Trinajstić information content (AvgIpc) is 2.61. The van der Waals surface area contributed by atoms with Crippen molar-refractivity contribution in [1.29, 1.82) is 0 Å². The smallest absolute Gasteiger partial charge is 0.239 e. The number of nitrogens with zero attached hydrogens (tertiary/aromatic N) is 1. The molecule has 26 heavy (non-hydrogen) atoms. The van der Waals surface area contributed by atoms with E-state index in [0.717, 1.165) is 11.3 Å². The largest absolute Gasteiger partial charge is 0.383 e. The molecule has 1 aliphatic rings. The Hall–Kier alpha value is -1.88. The Balaban J connectivity index is 0.00000338. The Morgan fingerprint density at radius 1 is 1.31 bits per heavy atom. The first kappa shape index (κ1) is 22.2. The highest BCUT2D eigenvalue weighted by Gasteiger charge is 2.24. The van der Waals surface area contributed by atoms with Crippen molar-refractivity contribution in [2.45, 2.75) is 12.3 Å². The number of benzene rings is 1. The Kier molecular flexibility index (Phi) is 9.96. The number of guanidine groups is 1. The number of rotatable bonds is 7. The molecular weight excluding hydrogens is 449 g/mol. The fourth-order valence-corrected chi connectivity index (χ4v) is 2.64. The molecule has 0 saturated carbocycles. The highest BCUT2D eigenvalue weighted by Crippen LogP contribution is 2.31. The minimum absolute atomic E-state index is 0. The van der Waals surface area contributed by atoms with Crippen LogP contribution in [0.15, 0.2) is 29.3 Å². The summed E-state index contributed by atoms with van der Waals surface area (Å²) < 4.78 is 4.88. The number of para-hydroxylation sites is 1. The summed E-state index contributed by atoms with van der Waals surface area (Å²) in [7, 11) is 3.22. The van der Waals surface area contributed by atoms with E-state index < -0.39 is 0 Å². The van der Waals surface area contributed by atoms with Crippen molar-refractivity contribution < 1.29 is 14.3 Å². The summed E-state index contributed by atoms with van der Waals surface area (Å²) in [4.78, 5) is 27.6. The van der Waals surface area contributed by atoms with Gasteiger partial charge in [0.15, 0.2) is 5.96 Å². The van der Waals surface area contributed by atoms with Crippen molar-refractivity contribution in [3.05, 3.63) is 29.8 Å². The molecule has 1 aromatic carbocycles. The zero-order valence-corrected chi connectivity index (χ0v) is 17.3. The fraction of sp³-hybridized carbons (Fsp3) is 0.471. The number of ether oxygens (including phenoxy) is 1. The van der Waals surface area contributed by atoms with Gasteiger partial charge < -0.3 is 26.0 Å². The van der Waals surface area contributed by atoms with Crippen LogP contribution in [-0.2, 0) is 14.3 Å². The van der Waals surface area contributed by atoms with Crippen LogP contribution in [0.5, 0.6) is 0 Å². The van der Waals surface area contributed by atoms with Gasteiger partial charge in [-0.3, -0.25) is 14.6 Å². The van der Waals surface area contributed by atoms with Crippen LogP contribution >= 0.6 is 24.0 Å². The summed E-state index contributed by atoms with van der Waals surface area (Å²) in [6, 6.07) is 7.77. The molecule has 144 valence electrons. The van der Waals surface area contributed by atoms with E-state index in [9.17, 15) is 9.59 Å². The molecule has 1 heterocycles. The van der Waals surface area contributed by atoms with Gasteiger partial charge in [-0.05, 0) is 11.6 Å². The van der Waals surface area contributed by atoms with Crippen molar-refractivity contribution in [3.63, 3.8) is 0 Å². The molecule has 0 fully saturated rings. The van der Waals surface area contributed by atoms with Gasteiger partial charge in [0.2, 0.25) is 11.8 Å². The van der Waals surface area contributed by atoms with Crippen molar-refractivity contribution in [2.75, 3.05) is 45.7 Å². The van der Waals surface area contributed by atoms with E-state index in [1.807, 2.05) is 24.3 Å². The van der Waals surface area contributed by atoms with Crippen molar-refractivity contribution >= 4 is 47.4 Å². The summed E-state index contributed by atoms with van der Waals surface area (Å²) in [5.74, 6) is 0.442. The first-order valence-corrected chi connectivity index (χ1v) is 8.23. The van der Waals surface area contributed by atoms with E-state index >= 15 is 0 Å². The van der Waals surface area contributed by atoms with Gasteiger partial charge in [0, 0.05) is 45.3 Å². The fourth-order valence-electron chi connectivity index (χ4n) is 2.64. The third kappa shape index (κ3) is 6.79. The van der Waals surface area contributed by atoms with Crippen LogP contribution in [0.1, 0.15) is 17.9 Å². The normalized spacial score (nSPS) is 16.0. The molecule has 1 atom stereocenters. The lowest BCUT2D eigenvalue weighted by Gasteiger charge is -2.26. The summed E-state index contributed by atoms with van der Waals surface area (Å²) in [6.07, 6.45) is 0.415. The van der Waals surface area contributed by atoms with E-state index in [2.05, 4.69) is 26.3 Å². The number of hydrogen-bond acceptors (Lipinski definition) is 4. The van der Waals surface area contributed by atoms with Crippen LogP contribution in [0.25, 0.3) is 0 Å². The number of halogens is 1. The molecular formula is C17H26IN5O3. The molecule has 1 aliphatic heterocycles. The van der Waals surface area contributed by atoms with E-state index in [1.165, 1.54) is 0 Å². The Bertz CT molecular complexity index is 639. The summed E-state index contributed by atoms with van der Waals surface area (Å²) in [6.45, 7) is 1.61. The molecule has 8 nitrogen and oxygen atoms in total. The molecule has 0 aliphatic carbocycles. The number of methoxy groups -OCH3 is 1. The minimum atomic E-state index is -0.137. The summed E-state index contributed by atoms with van der Waals surface area (Å²) in [5.41, 5.74) is 1.95. The molecule has 9 heteroatoms. The minimum Gasteiger partial charge on any atom is -0.383 e. The van der Waals surface area contributed by atoms with Gasteiger partial charge in [-0.15, -0.1) is 24.0 Å². The molecule has 1 unspecified atom stereocenters. The number of fused-ring (bicyclic) bond motifs is 1. The van der Waals surface area contributed by atoms with E-state index in [4.69, 9.17) is 4.74 Å². The van der Waals surface area contributed by atoms with Gasteiger partial charge >= 0.3 is 0 Å². The van der Waals surface area contributed by atoms with Crippen LogP contribution in [0.4, 0.5) is 5.69 Å². The Labute approximate surface area is 170 Å². The van der Waals surface area contributed by atoms with E-state index in [-0.39, 0.29) is 48.3 Å². The number of carbonyl (C=O) groups is 2. The number of amides is 2. The van der Waals surface area contributed by atoms with E-state index in [1.54, 1.807) is 14.2 Å². The highest BCUT2D eigenvalue weighted by atomic mass is 127. The second-order valence-corrected chi connectivity index (χ2v) is 5.69. The monoisotopic (exact) mass is 475 g/mol. The molecule has 2 rings (SSSR count). The standard InChI is InChI=1S/C17H25N5O3.HI/c1-18-17(21-11-16(24)19-7-8-25-2)20-10-12-9-15(23)22-14-6-4-3-5-13(12)14;/h3-6,12H,7-11H2,1-2H3,(H,19,24)(H,22,23)(H2,18,20,21);1H. The number of nitrogens with one attached hydrogen (secondary N) is 4. The molecule has 0 aromatic heterocycles. The van der Waals surface area contributed by atoms with Crippen LogP contribution in [0.2, 0.25) is 0 Å². The Morgan fingerprint density at radius 2 is 2.08 bits per heavy atom. The molecule has 2 amide bonds. The van der Waals surface area contributed by atoms with Crippen LogP contribution < -0.4 is 21.3 Å². The Morgan fingerprint density at radius 3 is 2.81 bits per heavy atom. The molecule has 0 bridgehead atoms. The van der Waals surface area contributed by atoms with Gasteiger partial charge in [-0.2, -0.15) is 0 Å². The maximum atomic E-state index is 11.8. The first-order valence-electron chi connectivity index (χ1n) is 8.23. The lowest BCUT2D eigenvalue weighted by Crippen LogP contribution is -2.45. The molecule has 0 spiro atoms. The predicted octanol–water partition coefficient (Wildman–Crippen LogP) is 0.658. The van der Waals surface area contributed by atoms with E-state index in [0.29, 0.717) is 32.1 Å². The average molecular weight is 475 g/mol. The van der Waals surface area contributed by atoms with Crippen LogP contribution in [0, 0.1) is 0 Å². The third-order valence-electron chi connectivity index (χ3n) is 3.89. The first-order chi connectivity index (χ1) is 12.1. The molecule has 0 saturated heterocycles. The number of hydrogen-bond donors (Lipinski definition) is 4. The van der Waals surface area contributed by atoms with Crippen molar-refractivity contribution in [2.24, 2.45) is 4.99 Å². The number of anilines is 1. The second-order valence-electron chi connectivity index (χ2n) is 5.69. The molecule has 0 radical (unpaired) electrons. The topological polar surface area (TPSA) is 104 Å². The quantitative estimate of drug-likeness (QED) is 0.201. The van der Waals surface area contributed by atoms with Crippen LogP contribution in [-0.4, -0.2) is 58.2 Å². The van der Waals surface area contributed by atoms with Gasteiger partial charge in [-0.1, -0.05) is 18.2 Å². The van der Waals surface area contributed by atoms with Gasteiger partial charge in [-0.25, -0.2) is 0 Å². The second kappa shape index (κ2) is 11.7. The summed E-state index contributed by atoms with van der Waals surface area (Å²) in [5, 5.41) is 11.7. The number of aliphatic imine (C=N–C) groups is 1. The zero-order chi connectivity index (χ0) is 18.1. The van der Waals surface area contributed by atoms with Crippen molar-refractivity contribution in [1.82, 2.24) is 16.0 Å². The van der Waals surface area contributed by atoms with Gasteiger partial charge in [0.1, 0.15) is 0 Å². The highest BCUT2D eigenvalue weighted by molar-refractivity contribution is 14.0. The number of carbonyl (C=O) groups excluding carboxylic acids is 2. The maximum absolute atomic E-state index is 11.8. The van der Waals surface area contributed by atoms with Crippen molar-refractivity contribution in [3.8, 4) is 0 Å². The van der Waals surface area contributed by atoms with Gasteiger partial charge in [0.05, 0.1) is 13.2 Å².